The molecule has 0 fully saturated rings. The Hall–Kier alpha value is -1.23. The lowest BCUT2D eigenvalue weighted by Crippen LogP contribution is -2.20. The minimum Gasteiger partial charge on any atom is -0.397 e. The summed E-state index contributed by atoms with van der Waals surface area (Å²) in [5.74, 6) is 0. The molecule has 0 saturated carbocycles. The molecule has 2 aromatic carbocycles. The van der Waals surface area contributed by atoms with Crippen molar-refractivity contribution in [1.29, 1.82) is 0 Å². The highest BCUT2D eigenvalue weighted by Gasteiger charge is 2.20. The van der Waals surface area contributed by atoms with Gasteiger partial charge >= 0.3 is 0 Å². The van der Waals surface area contributed by atoms with Gasteiger partial charge in [0.1, 0.15) is 0 Å². The summed E-state index contributed by atoms with van der Waals surface area (Å²) in [6.45, 7) is 2.01. The molecule has 2 N–H and O–H groups in total. The maximum absolute atomic E-state index is 6.10. The summed E-state index contributed by atoms with van der Waals surface area (Å²) in [6.07, 6.45) is 1.10. The van der Waals surface area contributed by atoms with Gasteiger partial charge in [-0.1, -0.05) is 24.3 Å². The molecule has 1 aliphatic heterocycles. The fourth-order valence-corrected chi connectivity index (χ4v) is 2.89. The van der Waals surface area contributed by atoms with Crippen LogP contribution < -0.4 is 10.6 Å². The van der Waals surface area contributed by atoms with E-state index in [1.807, 2.05) is 12.1 Å². The smallest absolute Gasteiger partial charge is 0.0636 e. The van der Waals surface area contributed by atoms with Gasteiger partial charge in [0.2, 0.25) is 0 Å². The summed E-state index contributed by atoms with van der Waals surface area (Å²) < 4.78 is 1.28. The van der Waals surface area contributed by atoms with Crippen molar-refractivity contribution in [2.24, 2.45) is 0 Å². The minimum absolute atomic E-state index is 0.899. The van der Waals surface area contributed by atoms with Crippen molar-refractivity contribution in [2.75, 3.05) is 17.2 Å². The van der Waals surface area contributed by atoms with Crippen LogP contribution in [0.3, 0.4) is 0 Å². The number of fused-ring (bicyclic) bond motifs is 1. The number of nitrogens with zero attached hydrogens (tertiary/aromatic N) is 1. The van der Waals surface area contributed by atoms with Gasteiger partial charge in [-0.25, -0.2) is 0 Å². The van der Waals surface area contributed by atoms with Crippen LogP contribution in [0.4, 0.5) is 11.4 Å². The molecule has 3 heteroatoms. The maximum Gasteiger partial charge on any atom is 0.0636 e. The number of hydrogen-bond donors (Lipinski definition) is 1. The second-order valence-corrected chi connectivity index (χ2v) is 5.90. The van der Waals surface area contributed by atoms with Crippen LogP contribution in [-0.4, -0.2) is 6.54 Å². The molecule has 0 aliphatic carbocycles. The van der Waals surface area contributed by atoms with Crippen LogP contribution >= 0.6 is 22.6 Å². The SMILES string of the molecule is Nc1cccc2c1N(Cc1ccc(I)cc1)CC2. The van der Waals surface area contributed by atoms with E-state index in [0.717, 1.165) is 25.2 Å². The molecule has 18 heavy (non-hydrogen) atoms. The number of anilines is 2. The Morgan fingerprint density at radius 2 is 1.89 bits per heavy atom. The topological polar surface area (TPSA) is 29.3 Å². The first-order valence-electron chi connectivity index (χ1n) is 6.11. The highest BCUT2D eigenvalue weighted by Crippen LogP contribution is 2.34. The van der Waals surface area contributed by atoms with Crippen LogP contribution in [-0.2, 0) is 13.0 Å². The summed E-state index contributed by atoms with van der Waals surface area (Å²) in [7, 11) is 0. The highest BCUT2D eigenvalue weighted by atomic mass is 127. The fourth-order valence-electron chi connectivity index (χ4n) is 2.53. The number of benzene rings is 2. The zero-order valence-corrected chi connectivity index (χ0v) is 12.2. The van der Waals surface area contributed by atoms with Gasteiger partial charge in [0.05, 0.1) is 11.4 Å². The van der Waals surface area contributed by atoms with Crippen molar-refractivity contribution < 1.29 is 0 Å². The minimum atomic E-state index is 0.899. The molecule has 0 unspecified atom stereocenters. The average Bonchev–Trinajstić information content (AvgIpc) is 2.77. The van der Waals surface area contributed by atoms with E-state index in [-0.39, 0.29) is 0 Å². The number of hydrogen-bond acceptors (Lipinski definition) is 2. The third-order valence-corrected chi connectivity index (χ3v) is 4.12. The average molecular weight is 350 g/mol. The van der Waals surface area contributed by atoms with E-state index in [0.29, 0.717) is 0 Å². The van der Waals surface area contributed by atoms with Gasteiger partial charge in [-0.3, -0.25) is 0 Å². The Morgan fingerprint density at radius 1 is 1.11 bits per heavy atom. The van der Waals surface area contributed by atoms with Crippen molar-refractivity contribution in [3.05, 3.63) is 57.2 Å². The van der Waals surface area contributed by atoms with E-state index in [2.05, 4.69) is 57.8 Å². The fraction of sp³-hybridized carbons (Fsp3) is 0.200. The number of para-hydroxylation sites is 1. The van der Waals surface area contributed by atoms with Crippen LogP contribution in [0, 0.1) is 3.57 Å². The summed E-state index contributed by atoms with van der Waals surface area (Å²) in [5.41, 5.74) is 10.9. The summed E-state index contributed by atoms with van der Waals surface area (Å²) in [4.78, 5) is 2.38. The third-order valence-electron chi connectivity index (χ3n) is 3.40. The van der Waals surface area contributed by atoms with Gasteiger partial charge in [-0.15, -0.1) is 0 Å². The Labute approximate surface area is 121 Å². The molecule has 2 aromatic rings. The number of nitrogen functional groups attached to an aromatic ring is 1. The molecule has 0 saturated heterocycles. The van der Waals surface area contributed by atoms with Crippen LogP contribution in [0.25, 0.3) is 0 Å². The molecular formula is C15H15IN2. The van der Waals surface area contributed by atoms with Gasteiger partial charge in [0, 0.05) is 16.7 Å². The van der Waals surface area contributed by atoms with Gasteiger partial charge in [-0.05, 0) is 58.3 Å². The number of halogens is 1. The van der Waals surface area contributed by atoms with Crippen LogP contribution in [0.5, 0.6) is 0 Å². The van der Waals surface area contributed by atoms with Crippen LogP contribution in [0.1, 0.15) is 11.1 Å². The van der Waals surface area contributed by atoms with E-state index in [4.69, 9.17) is 5.73 Å². The van der Waals surface area contributed by atoms with Crippen molar-refractivity contribution in [3.8, 4) is 0 Å². The Kier molecular flexibility index (Phi) is 3.16. The lowest BCUT2D eigenvalue weighted by molar-refractivity contribution is 0.836. The molecule has 92 valence electrons. The molecular weight excluding hydrogens is 335 g/mol. The van der Waals surface area contributed by atoms with Crippen LogP contribution in [0.15, 0.2) is 42.5 Å². The van der Waals surface area contributed by atoms with E-state index in [9.17, 15) is 0 Å². The predicted octanol–water partition coefficient (Wildman–Crippen LogP) is 3.44. The summed E-state index contributed by atoms with van der Waals surface area (Å²) >= 11 is 2.33. The second-order valence-electron chi connectivity index (χ2n) is 4.65. The van der Waals surface area contributed by atoms with Crippen molar-refractivity contribution in [3.63, 3.8) is 0 Å². The largest absolute Gasteiger partial charge is 0.397 e. The summed E-state index contributed by atoms with van der Waals surface area (Å²) in [6, 6.07) is 14.9. The van der Waals surface area contributed by atoms with Crippen molar-refractivity contribution in [2.45, 2.75) is 13.0 Å². The van der Waals surface area contributed by atoms with E-state index in [1.54, 1.807) is 0 Å². The van der Waals surface area contributed by atoms with Gasteiger partial charge in [0.15, 0.2) is 0 Å². The lowest BCUT2D eigenvalue weighted by Gasteiger charge is -2.21. The molecule has 0 radical (unpaired) electrons. The van der Waals surface area contributed by atoms with Crippen LogP contribution in [0.2, 0.25) is 0 Å². The quantitative estimate of drug-likeness (QED) is 0.664. The zero-order chi connectivity index (χ0) is 12.5. The summed E-state index contributed by atoms with van der Waals surface area (Å²) in [5, 5.41) is 0. The highest BCUT2D eigenvalue weighted by molar-refractivity contribution is 14.1. The lowest BCUT2D eigenvalue weighted by atomic mass is 10.1. The van der Waals surface area contributed by atoms with Gasteiger partial charge < -0.3 is 10.6 Å². The molecule has 1 aliphatic rings. The van der Waals surface area contributed by atoms with E-state index < -0.39 is 0 Å². The Balaban J connectivity index is 1.86. The van der Waals surface area contributed by atoms with Gasteiger partial charge in [0.25, 0.3) is 0 Å². The standard InChI is InChI=1S/C15H15IN2/c16-13-6-4-11(5-7-13)10-18-9-8-12-2-1-3-14(17)15(12)18/h1-7H,8-10,17H2. The normalized spacial score (nSPS) is 13.7. The van der Waals surface area contributed by atoms with Gasteiger partial charge in [-0.2, -0.15) is 0 Å². The first-order valence-corrected chi connectivity index (χ1v) is 7.18. The molecule has 0 amide bonds. The zero-order valence-electron chi connectivity index (χ0n) is 10.1. The maximum atomic E-state index is 6.10. The Bertz CT molecular complexity index is 563. The van der Waals surface area contributed by atoms with Crippen molar-refractivity contribution >= 4 is 34.0 Å². The molecule has 2 nitrogen and oxygen atoms in total. The Morgan fingerprint density at radius 3 is 2.67 bits per heavy atom. The second kappa shape index (κ2) is 4.80. The molecule has 0 bridgehead atoms. The first-order chi connectivity index (χ1) is 8.74. The third kappa shape index (κ3) is 2.19. The molecule has 0 aromatic heterocycles. The monoisotopic (exact) mass is 350 g/mol. The van der Waals surface area contributed by atoms with Crippen molar-refractivity contribution in [1.82, 2.24) is 0 Å². The first kappa shape index (κ1) is 11.8. The molecule has 0 atom stereocenters. The van der Waals surface area contributed by atoms with E-state index >= 15 is 0 Å². The number of nitrogens with two attached hydrogens (primary N) is 1. The number of rotatable bonds is 2. The predicted molar refractivity (Wildman–Crippen MR) is 84.8 cm³/mol. The van der Waals surface area contributed by atoms with E-state index in [1.165, 1.54) is 20.4 Å². The molecule has 3 rings (SSSR count). The molecule has 0 spiro atoms. The molecule has 1 heterocycles.